The first kappa shape index (κ1) is 47.8. The Morgan fingerprint density at radius 3 is 1.35 bits per heavy atom. The lowest BCUT2D eigenvalue weighted by Crippen LogP contribution is -2.50. The summed E-state index contributed by atoms with van der Waals surface area (Å²) in [7, 11) is -4.45. The molecule has 0 saturated heterocycles. The molecule has 3 atom stereocenters. The number of aliphatic hydroxyl groups excluding tert-OH is 2. The van der Waals surface area contributed by atoms with E-state index in [9.17, 15) is 28.0 Å². The van der Waals surface area contributed by atoms with Crippen molar-refractivity contribution in [1.82, 2.24) is 5.32 Å². The van der Waals surface area contributed by atoms with Crippen LogP contribution in [0.4, 0.5) is 0 Å². The molecule has 0 aromatic heterocycles. The predicted molar refractivity (Wildman–Crippen MR) is 208 cm³/mol. The number of unbranched alkanes of at least 4 members (excludes halogenated alkanes) is 26. The van der Waals surface area contributed by atoms with Crippen molar-refractivity contribution < 1.29 is 28.0 Å². The molecule has 49 heavy (non-hydrogen) atoms. The van der Waals surface area contributed by atoms with E-state index < -0.39 is 40.0 Å². The third-order valence-corrected chi connectivity index (χ3v) is 10.3. The number of aliphatic hydroxyl groups is 2. The smallest absolute Gasteiger partial charge is 0.267 e. The Morgan fingerprint density at radius 2 is 0.918 bits per heavy atom. The van der Waals surface area contributed by atoms with Crippen LogP contribution in [0.25, 0.3) is 0 Å². The monoisotopic (exact) mass is 714 g/mol. The average Bonchev–Trinajstić information content (AvgIpc) is 3.06. The second-order valence-corrected chi connectivity index (χ2v) is 15.9. The summed E-state index contributed by atoms with van der Waals surface area (Å²) in [4.78, 5) is 12.6. The Morgan fingerprint density at radius 1 is 0.551 bits per heavy atom. The Labute approximate surface area is 303 Å². The zero-order valence-electron chi connectivity index (χ0n) is 31.9. The quantitative estimate of drug-likeness (QED) is 0.0289. The molecule has 0 rings (SSSR count). The van der Waals surface area contributed by atoms with E-state index >= 15 is 0 Å². The topological polar surface area (TPSA) is 124 Å². The van der Waals surface area contributed by atoms with Crippen molar-refractivity contribution >= 4 is 16.0 Å². The summed E-state index contributed by atoms with van der Waals surface area (Å²) in [6.45, 7) is 4.50. The van der Waals surface area contributed by atoms with Gasteiger partial charge in [-0.3, -0.25) is 9.35 Å². The molecule has 0 spiro atoms. The van der Waals surface area contributed by atoms with E-state index in [1.54, 1.807) is 6.08 Å². The number of rotatable bonds is 37. The van der Waals surface area contributed by atoms with Crippen LogP contribution in [0.3, 0.4) is 0 Å². The third-order valence-electron chi connectivity index (χ3n) is 9.49. The highest BCUT2D eigenvalue weighted by Gasteiger charge is 2.27. The van der Waals surface area contributed by atoms with E-state index in [2.05, 4.69) is 31.3 Å². The number of allylic oxidation sites excluding steroid dienone is 3. The molecule has 0 saturated carbocycles. The maximum absolute atomic E-state index is 12.6. The molecule has 0 aromatic carbocycles. The minimum atomic E-state index is -4.45. The van der Waals surface area contributed by atoms with Crippen LogP contribution in [0.5, 0.6) is 0 Å². The lowest BCUT2D eigenvalue weighted by atomic mass is 10.0. The SMILES string of the molecule is CCCCCCCCCC/C=C/CC/C=C/C(O)C(CS(=O)(=O)O)NC(=O)C(O)CCCCCCCCCCCCCCCCCCCC. The summed E-state index contributed by atoms with van der Waals surface area (Å²) in [5.41, 5.74) is 0. The molecule has 0 radical (unpaired) electrons. The molecule has 3 unspecified atom stereocenters. The summed E-state index contributed by atoms with van der Waals surface area (Å²) in [6.07, 6.45) is 40.9. The van der Waals surface area contributed by atoms with E-state index in [-0.39, 0.29) is 6.42 Å². The van der Waals surface area contributed by atoms with Gasteiger partial charge in [-0.1, -0.05) is 199 Å². The van der Waals surface area contributed by atoms with Gasteiger partial charge in [-0.15, -0.1) is 0 Å². The minimum absolute atomic E-state index is 0.278. The molecule has 7 nitrogen and oxygen atoms in total. The zero-order chi connectivity index (χ0) is 36.3. The fourth-order valence-corrected chi connectivity index (χ4v) is 7.03. The van der Waals surface area contributed by atoms with Crippen LogP contribution in [-0.4, -0.2) is 53.1 Å². The lowest BCUT2D eigenvalue weighted by molar-refractivity contribution is -0.130. The van der Waals surface area contributed by atoms with E-state index in [4.69, 9.17) is 0 Å². The van der Waals surface area contributed by atoms with Gasteiger partial charge in [0.1, 0.15) is 6.10 Å². The first-order chi connectivity index (χ1) is 23.7. The molecular formula is C41H79NO6S. The van der Waals surface area contributed by atoms with Gasteiger partial charge in [0.15, 0.2) is 0 Å². The predicted octanol–water partition coefficient (Wildman–Crippen LogP) is 10.9. The van der Waals surface area contributed by atoms with Crippen molar-refractivity contribution in [3.63, 3.8) is 0 Å². The molecule has 0 heterocycles. The molecule has 0 bridgehead atoms. The maximum Gasteiger partial charge on any atom is 0.267 e. The van der Waals surface area contributed by atoms with Crippen molar-refractivity contribution in [3.05, 3.63) is 24.3 Å². The highest BCUT2D eigenvalue weighted by atomic mass is 32.2. The summed E-state index contributed by atoms with van der Waals surface area (Å²) in [5, 5.41) is 23.4. The van der Waals surface area contributed by atoms with E-state index in [1.165, 1.54) is 147 Å². The normalized spacial score (nSPS) is 14.1. The molecule has 0 fully saturated rings. The Hall–Kier alpha value is -1.22. The first-order valence-electron chi connectivity index (χ1n) is 20.6. The number of carbonyl (C=O) groups is 1. The molecule has 8 heteroatoms. The fourth-order valence-electron chi connectivity index (χ4n) is 6.30. The number of carbonyl (C=O) groups excluding carboxylic acids is 1. The fraction of sp³-hybridized carbons (Fsp3) is 0.878. The summed E-state index contributed by atoms with van der Waals surface area (Å²) in [5.74, 6) is -1.55. The van der Waals surface area contributed by atoms with Crippen LogP contribution in [0.15, 0.2) is 24.3 Å². The van der Waals surface area contributed by atoms with Gasteiger partial charge in [0.2, 0.25) is 5.91 Å². The summed E-state index contributed by atoms with van der Waals surface area (Å²) >= 11 is 0. The first-order valence-corrected chi connectivity index (χ1v) is 22.3. The summed E-state index contributed by atoms with van der Waals surface area (Å²) < 4.78 is 32.5. The van der Waals surface area contributed by atoms with E-state index in [0.717, 1.165) is 32.1 Å². The maximum atomic E-state index is 12.6. The number of hydrogen-bond acceptors (Lipinski definition) is 5. The highest BCUT2D eigenvalue weighted by molar-refractivity contribution is 7.85. The molecule has 0 aromatic rings. The Bertz CT molecular complexity index is 890. The van der Waals surface area contributed by atoms with Gasteiger partial charge in [-0.25, -0.2) is 0 Å². The van der Waals surface area contributed by atoms with Crippen molar-refractivity contribution in [2.45, 2.75) is 225 Å². The highest BCUT2D eigenvalue weighted by Crippen LogP contribution is 2.15. The minimum Gasteiger partial charge on any atom is -0.387 e. The summed E-state index contributed by atoms with van der Waals surface area (Å²) in [6, 6.07) is -1.24. The number of hydrogen-bond donors (Lipinski definition) is 4. The standard InChI is InChI=1S/C41H79NO6S/c1-3-5-7-9-11-13-15-17-19-20-21-22-24-26-28-30-32-34-36-40(44)41(45)42-38(37-49(46,47)48)39(43)35-33-31-29-27-25-23-18-16-14-12-10-8-6-4-2/h25,27,33,35,38-40,43-44H,3-24,26,28-32,34,36-37H2,1-2H3,(H,42,45)(H,46,47,48)/b27-25+,35-33+. The molecule has 4 N–H and O–H groups in total. The Kier molecular flexibility index (Phi) is 34.3. The molecule has 0 aliphatic carbocycles. The van der Waals surface area contributed by atoms with Gasteiger partial charge in [-0.05, 0) is 32.1 Å². The van der Waals surface area contributed by atoms with E-state index in [0.29, 0.717) is 12.8 Å². The van der Waals surface area contributed by atoms with Crippen LogP contribution in [0.1, 0.15) is 206 Å². The number of nitrogens with one attached hydrogen (secondary N) is 1. The largest absolute Gasteiger partial charge is 0.387 e. The van der Waals surface area contributed by atoms with Crippen LogP contribution < -0.4 is 5.32 Å². The van der Waals surface area contributed by atoms with Gasteiger partial charge in [0.25, 0.3) is 10.1 Å². The molecule has 290 valence electrons. The van der Waals surface area contributed by atoms with Crippen LogP contribution in [0.2, 0.25) is 0 Å². The van der Waals surface area contributed by atoms with Gasteiger partial charge < -0.3 is 15.5 Å². The van der Waals surface area contributed by atoms with Crippen molar-refractivity contribution in [2.24, 2.45) is 0 Å². The molecule has 1 amide bonds. The molecular weight excluding hydrogens is 635 g/mol. The second kappa shape index (κ2) is 35.2. The zero-order valence-corrected chi connectivity index (χ0v) is 32.8. The average molecular weight is 714 g/mol. The van der Waals surface area contributed by atoms with Crippen molar-refractivity contribution in [3.8, 4) is 0 Å². The van der Waals surface area contributed by atoms with Crippen molar-refractivity contribution in [2.75, 3.05) is 5.75 Å². The lowest BCUT2D eigenvalue weighted by Gasteiger charge is -2.22. The van der Waals surface area contributed by atoms with Gasteiger partial charge in [-0.2, -0.15) is 8.42 Å². The third kappa shape index (κ3) is 35.0. The van der Waals surface area contributed by atoms with Gasteiger partial charge >= 0.3 is 0 Å². The van der Waals surface area contributed by atoms with Crippen LogP contribution in [0, 0.1) is 0 Å². The van der Waals surface area contributed by atoms with Crippen molar-refractivity contribution in [1.29, 1.82) is 0 Å². The molecule has 0 aliphatic heterocycles. The second-order valence-electron chi connectivity index (χ2n) is 14.4. The Balaban J connectivity index is 4.04. The van der Waals surface area contributed by atoms with Crippen LogP contribution >= 0.6 is 0 Å². The van der Waals surface area contributed by atoms with E-state index in [1.807, 2.05) is 0 Å². The van der Waals surface area contributed by atoms with Crippen LogP contribution in [-0.2, 0) is 14.9 Å². The number of amides is 1. The molecule has 0 aliphatic rings. The van der Waals surface area contributed by atoms with Gasteiger partial charge in [0.05, 0.1) is 17.9 Å². The van der Waals surface area contributed by atoms with Gasteiger partial charge in [0, 0.05) is 0 Å².